The Morgan fingerprint density at radius 2 is 1.57 bits per heavy atom. The van der Waals surface area contributed by atoms with Gasteiger partial charge in [-0.05, 0) is 12.1 Å². The number of amides is 2. The van der Waals surface area contributed by atoms with E-state index < -0.39 is 12.0 Å². The number of aliphatic carboxylic acids is 1. The quantitative estimate of drug-likeness (QED) is 0.635. The van der Waals surface area contributed by atoms with Gasteiger partial charge in [0, 0.05) is 6.92 Å². The number of hydrogen-bond acceptors (Lipinski definition) is 2. The van der Waals surface area contributed by atoms with Crippen molar-refractivity contribution in [3.63, 3.8) is 0 Å². The summed E-state index contributed by atoms with van der Waals surface area (Å²) >= 11 is 0. The number of rotatable bonds is 0. The Labute approximate surface area is 79.4 Å². The number of carbonyl (C=O) groups is 2. The molecule has 0 bridgehead atoms. The van der Waals surface area contributed by atoms with Gasteiger partial charge in [-0.15, -0.1) is 0 Å². The van der Waals surface area contributed by atoms with Gasteiger partial charge in [0.15, 0.2) is 0 Å². The average Bonchev–Trinajstić information content (AvgIpc) is 2.42. The number of carboxylic acids is 1. The normalized spacial score (nSPS) is 11.6. The third-order valence-electron chi connectivity index (χ3n) is 1.31. The SMILES string of the molecule is CC(=O)O.O=C1N=c2ccccc2=N1. The van der Waals surface area contributed by atoms with Crippen LogP contribution in [0.1, 0.15) is 6.92 Å². The van der Waals surface area contributed by atoms with Crippen LogP contribution in [0.5, 0.6) is 0 Å². The molecule has 1 aromatic carbocycles. The molecule has 0 aromatic heterocycles. The van der Waals surface area contributed by atoms with Gasteiger partial charge < -0.3 is 5.11 Å². The highest BCUT2D eigenvalue weighted by atomic mass is 16.4. The van der Waals surface area contributed by atoms with Crippen molar-refractivity contribution in [1.29, 1.82) is 0 Å². The van der Waals surface area contributed by atoms with E-state index in [2.05, 4.69) is 9.98 Å². The van der Waals surface area contributed by atoms with Crippen LogP contribution >= 0.6 is 0 Å². The molecule has 1 aromatic rings. The summed E-state index contributed by atoms with van der Waals surface area (Å²) in [5, 5.41) is 8.76. The number of nitrogens with zero attached hydrogens (tertiary/aromatic N) is 2. The second-order valence-electron chi connectivity index (χ2n) is 2.51. The summed E-state index contributed by atoms with van der Waals surface area (Å²) in [7, 11) is 0. The number of benzene rings is 1. The summed E-state index contributed by atoms with van der Waals surface area (Å²) in [5.41, 5.74) is 0. The van der Waals surface area contributed by atoms with Crippen LogP contribution in [0.2, 0.25) is 0 Å². The van der Waals surface area contributed by atoms with Crippen molar-refractivity contribution in [2.75, 3.05) is 0 Å². The number of carboxylic acid groups (broad SMARTS) is 1. The number of hydrogen-bond donors (Lipinski definition) is 1. The molecule has 0 spiro atoms. The first-order valence-electron chi connectivity index (χ1n) is 3.85. The van der Waals surface area contributed by atoms with Crippen LogP contribution < -0.4 is 10.7 Å². The second kappa shape index (κ2) is 4.27. The summed E-state index contributed by atoms with van der Waals surface area (Å²) in [6.45, 7) is 1.08. The first kappa shape index (κ1) is 10.0. The molecule has 2 rings (SSSR count). The fourth-order valence-electron chi connectivity index (χ4n) is 0.884. The standard InChI is InChI=1S/C7H4N2O.C2H4O2/c10-7-8-5-3-1-2-4-6(5)9-7;1-2(3)4/h1-4H;1H3,(H,3,4). The minimum absolute atomic E-state index is 0.402. The summed E-state index contributed by atoms with van der Waals surface area (Å²) in [6, 6.07) is 6.79. The molecule has 1 aliphatic rings. The first-order chi connectivity index (χ1) is 6.59. The maximum Gasteiger partial charge on any atom is 0.368 e. The molecule has 0 atom stereocenters. The van der Waals surface area contributed by atoms with E-state index in [4.69, 9.17) is 9.90 Å². The number of urea groups is 1. The molecule has 0 fully saturated rings. The Morgan fingerprint density at radius 1 is 1.21 bits per heavy atom. The summed E-state index contributed by atoms with van der Waals surface area (Å²) in [6.07, 6.45) is 0. The van der Waals surface area contributed by atoms with Gasteiger partial charge in [-0.1, -0.05) is 12.1 Å². The lowest BCUT2D eigenvalue weighted by molar-refractivity contribution is -0.134. The van der Waals surface area contributed by atoms with Crippen molar-refractivity contribution in [2.24, 2.45) is 9.98 Å². The van der Waals surface area contributed by atoms with E-state index in [-0.39, 0.29) is 0 Å². The lowest BCUT2D eigenvalue weighted by atomic mass is 10.3. The molecular formula is C9H8N2O3. The molecule has 5 nitrogen and oxygen atoms in total. The van der Waals surface area contributed by atoms with Crippen LogP contribution in [0.4, 0.5) is 4.79 Å². The Balaban J connectivity index is 0.000000213. The molecule has 1 N–H and O–H groups in total. The van der Waals surface area contributed by atoms with E-state index in [1.165, 1.54) is 0 Å². The first-order valence-corrected chi connectivity index (χ1v) is 3.85. The molecule has 0 unspecified atom stereocenters. The van der Waals surface area contributed by atoms with Crippen LogP contribution in [0.15, 0.2) is 34.3 Å². The number of carbonyl (C=O) groups excluding carboxylic acids is 1. The minimum Gasteiger partial charge on any atom is -0.481 e. The fraction of sp³-hybridized carbons (Fsp3) is 0.111. The summed E-state index contributed by atoms with van der Waals surface area (Å²) in [4.78, 5) is 26.9. The van der Waals surface area contributed by atoms with E-state index in [9.17, 15) is 4.79 Å². The van der Waals surface area contributed by atoms with Crippen molar-refractivity contribution in [2.45, 2.75) is 6.92 Å². The number of para-hydroxylation sites is 2. The molecule has 5 heteroatoms. The van der Waals surface area contributed by atoms with Crippen LogP contribution in [0.25, 0.3) is 0 Å². The van der Waals surface area contributed by atoms with Crippen molar-refractivity contribution < 1.29 is 14.7 Å². The Morgan fingerprint density at radius 3 is 1.93 bits per heavy atom. The van der Waals surface area contributed by atoms with Crippen molar-refractivity contribution in [3.05, 3.63) is 35.0 Å². The van der Waals surface area contributed by atoms with E-state index in [1.54, 1.807) is 12.1 Å². The predicted octanol–water partition coefficient (Wildman–Crippen LogP) is 0.150. The third kappa shape index (κ3) is 2.78. The van der Waals surface area contributed by atoms with Crippen LogP contribution in [-0.4, -0.2) is 17.1 Å². The van der Waals surface area contributed by atoms with Crippen molar-refractivity contribution in [3.8, 4) is 0 Å². The van der Waals surface area contributed by atoms with Gasteiger partial charge in [0.1, 0.15) is 0 Å². The Kier molecular flexibility index (Phi) is 3.06. The zero-order chi connectivity index (χ0) is 10.6. The molecular weight excluding hydrogens is 184 g/mol. The molecule has 1 heterocycles. The second-order valence-corrected chi connectivity index (χ2v) is 2.51. The minimum atomic E-state index is -0.833. The molecule has 0 radical (unpaired) electrons. The fourth-order valence-corrected chi connectivity index (χ4v) is 0.884. The molecule has 0 saturated carbocycles. The van der Waals surface area contributed by atoms with Gasteiger partial charge in [0.05, 0.1) is 10.7 Å². The van der Waals surface area contributed by atoms with Gasteiger partial charge in [0.2, 0.25) is 0 Å². The van der Waals surface area contributed by atoms with Crippen LogP contribution in [0.3, 0.4) is 0 Å². The van der Waals surface area contributed by atoms with E-state index >= 15 is 0 Å². The number of fused-ring (bicyclic) bond motifs is 1. The lowest BCUT2D eigenvalue weighted by Gasteiger charge is -1.75. The Bertz CT molecular complexity index is 438. The van der Waals surface area contributed by atoms with Gasteiger partial charge in [0.25, 0.3) is 5.97 Å². The highest BCUT2D eigenvalue weighted by molar-refractivity contribution is 5.77. The monoisotopic (exact) mass is 192 g/mol. The molecule has 0 aliphatic carbocycles. The maximum absolute atomic E-state index is 10.6. The van der Waals surface area contributed by atoms with Gasteiger partial charge in [-0.3, -0.25) is 4.79 Å². The maximum atomic E-state index is 10.6. The van der Waals surface area contributed by atoms with Crippen LogP contribution in [-0.2, 0) is 4.79 Å². The van der Waals surface area contributed by atoms with Gasteiger partial charge in [-0.2, -0.15) is 9.98 Å². The zero-order valence-corrected chi connectivity index (χ0v) is 7.47. The largest absolute Gasteiger partial charge is 0.481 e. The molecule has 1 aliphatic heterocycles. The van der Waals surface area contributed by atoms with E-state index in [0.29, 0.717) is 10.7 Å². The van der Waals surface area contributed by atoms with Crippen LogP contribution in [0, 0.1) is 0 Å². The Hall–Kier alpha value is -2.04. The van der Waals surface area contributed by atoms with E-state index in [0.717, 1.165) is 6.92 Å². The predicted molar refractivity (Wildman–Crippen MR) is 47.5 cm³/mol. The molecule has 14 heavy (non-hydrogen) atoms. The highest BCUT2D eigenvalue weighted by Crippen LogP contribution is 1.82. The van der Waals surface area contributed by atoms with Crippen molar-refractivity contribution >= 4 is 12.0 Å². The zero-order valence-electron chi connectivity index (χ0n) is 7.47. The van der Waals surface area contributed by atoms with Crippen molar-refractivity contribution in [1.82, 2.24) is 0 Å². The average molecular weight is 192 g/mol. The van der Waals surface area contributed by atoms with Gasteiger partial charge >= 0.3 is 6.03 Å². The van der Waals surface area contributed by atoms with E-state index in [1.807, 2.05) is 12.1 Å². The van der Waals surface area contributed by atoms with Gasteiger partial charge in [-0.25, -0.2) is 4.79 Å². The molecule has 2 amide bonds. The smallest absolute Gasteiger partial charge is 0.368 e. The molecule has 0 saturated heterocycles. The highest BCUT2D eigenvalue weighted by Gasteiger charge is 2.01. The lowest BCUT2D eigenvalue weighted by Crippen LogP contribution is -2.19. The summed E-state index contributed by atoms with van der Waals surface area (Å²) in [5.74, 6) is -0.833. The summed E-state index contributed by atoms with van der Waals surface area (Å²) < 4.78 is 0. The third-order valence-corrected chi connectivity index (χ3v) is 1.31. The molecule has 72 valence electrons. The topological polar surface area (TPSA) is 79.1 Å².